The number of nitrogens with two attached hydrogens (primary N) is 1. The molecule has 0 aromatic rings. The van der Waals surface area contributed by atoms with Gasteiger partial charge < -0.3 is 16.2 Å². The molecule has 1 amide bonds. The highest BCUT2D eigenvalue weighted by Crippen LogP contribution is 2.30. The zero-order chi connectivity index (χ0) is 13.9. The average Bonchev–Trinajstić information content (AvgIpc) is 2.75. The van der Waals surface area contributed by atoms with Gasteiger partial charge in [0.15, 0.2) is 0 Å². The number of carboxylic acid groups (broad SMARTS) is 1. The lowest BCUT2D eigenvalue weighted by Gasteiger charge is -2.29. The molecular weight excluding hydrogens is 244 g/mol. The molecule has 0 bridgehead atoms. The first-order valence-corrected chi connectivity index (χ1v) is 7.30. The van der Waals surface area contributed by atoms with Crippen LogP contribution in [0, 0.1) is 5.92 Å². The van der Waals surface area contributed by atoms with Gasteiger partial charge in [0.1, 0.15) is 0 Å². The lowest BCUT2D eigenvalue weighted by molar-refractivity contribution is -0.143. The number of nitrogens with one attached hydrogen (secondary N) is 1. The van der Waals surface area contributed by atoms with E-state index in [4.69, 9.17) is 10.8 Å². The van der Waals surface area contributed by atoms with Gasteiger partial charge in [-0.1, -0.05) is 19.3 Å². The fourth-order valence-electron chi connectivity index (χ4n) is 3.40. The zero-order valence-corrected chi connectivity index (χ0v) is 11.4. The van der Waals surface area contributed by atoms with Gasteiger partial charge >= 0.3 is 5.97 Å². The van der Waals surface area contributed by atoms with Crippen molar-refractivity contribution in [2.75, 3.05) is 0 Å². The standard InChI is InChI=1S/C14H24N2O3/c15-14(6-1-2-7-14)9-12(17)16-11-5-3-4-10(8-11)13(18)19/h10-11H,1-9,15H2,(H,16,17)(H,18,19). The Bertz CT molecular complexity index is 351. The summed E-state index contributed by atoms with van der Waals surface area (Å²) in [6.07, 6.45) is 7.46. The van der Waals surface area contributed by atoms with Crippen molar-refractivity contribution in [2.24, 2.45) is 11.7 Å². The molecule has 108 valence electrons. The molecule has 0 aliphatic heterocycles. The van der Waals surface area contributed by atoms with Crippen LogP contribution in [0.3, 0.4) is 0 Å². The Morgan fingerprint density at radius 1 is 1.21 bits per heavy atom. The number of hydrogen-bond acceptors (Lipinski definition) is 3. The van der Waals surface area contributed by atoms with Crippen molar-refractivity contribution in [3.05, 3.63) is 0 Å². The molecule has 0 aromatic carbocycles. The SMILES string of the molecule is NC1(CC(=O)NC2CCCC(C(=O)O)C2)CCCC1. The number of carboxylic acids is 1. The molecule has 2 rings (SSSR count). The van der Waals surface area contributed by atoms with Crippen LogP contribution in [0.1, 0.15) is 57.8 Å². The summed E-state index contributed by atoms with van der Waals surface area (Å²) in [5.74, 6) is -1.07. The topological polar surface area (TPSA) is 92.4 Å². The lowest BCUT2D eigenvalue weighted by Crippen LogP contribution is -2.46. The molecule has 5 nitrogen and oxygen atoms in total. The first-order chi connectivity index (χ1) is 8.98. The summed E-state index contributed by atoms with van der Waals surface area (Å²) in [6.45, 7) is 0. The van der Waals surface area contributed by atoms with Crippen LogP contribution < -0.4 is 11.1 Å². The summed E-state index contributed by atoms with van der Waals surface area (Å²) in [4.78, 5) is 23.0. The predicted octanol–water partition coefficient (Wildman–Crippen LogP) is 1.41. The second-order valence-electron chi connectivity index (χ2n) is 6.21. The second-order valence-corrected chi connectivity index (χ2v) is 6.21. The number of aliphatic carboxylic acids is 1. The molecule has 2 aliphatic rings. The maximum absolute atomic E-state index is 12.0. The molecule has 0 radical (unpaired) electrons. The van der Waals surface area contributed by atoms with Gasteiger partial charge in [0.05, 0.1) is 5.92 Å². The van der Waals surface area contributed by atoms with Gasteiger partial charge in [-0.2, -0.15) is 0 Å². The Kier molecular flexibility index (Phi) is 4.45. The predicted molar refractivity (Wildman–Crippen MR) is 71.5 cm³/mol. The van der Waals surface area contributed by atoms with Gasteiger partial charge in [0.25, 0.3) is 0 Å². The van der Waals surface area contributed by atoms with Crippen LogP contribution in [-0.2, 0) is 9.59 Å². The maximum Gasteiger partial charge on any atom is 0.306 e. The highest BCUT2D eigenvalue weighted by Gasteiger charge is 2.33. The first kappa shape index (κ1) is 14.3. The van der Waals surface area contributed by atoms with E-state index < -0.39 is 5.97 Å². The van der Waals surface area contributed by atoms with Crippen molar-refractivity contribution in [2.45, 2.75) is 69.4 Å². The van der Waals surface area contributed by atoms with Gasteiger partial charge in [0.2, 0.25) is 5.91 Å². The van der Waals surface area contributed by atoms with Crippen molar-refractivity contribution in [1.82, 2.24) is 5.32 Å². The van der Waals surface area contributed by atoms with Crippen molar-refractivity contribution in [3.63, 3.8) is 0 Å². The molecule has 5 heteroatoms. The third kappa shape index (κ3) is 3.93. The smallest absolute Gasteiger partial charge is 0.306 e. The third-order valence-corrected chi connectivity index (χ3v) is 4.50. The van der Waals surface area contributed by atoms with E-state index in [0.717, 1.165) is 44.9 Å². The van der Waals surface area contributed by atoms with Gasteiger partial charge in [0, 0.05) is 18.0 Å². The second kappa shape index (κ2) is 5.90. The molecule has 2 unspecified atom stereocenters. The largest absolute Gasteiger partial charge is 0.481 e. The number of carbonyl (C=O) groups is 2. The minimum Gasteiger partial charge on any atom is -0.481 e. The molecule has 0 aromatic heterocycles. The van der Waals surface area contributed by atoms with E-state index in [1.165, 1.54) is 0 Å². The normalized spacial score (nSPS) is 29.9. The third-order valence-electron chi connectivity index (χ3n) is 4.50. The highest BCUT2D eigenvalue weighted by atomic mass is 16.4. The van der Waals surface area contributed by atoms with Gasteiger partial charge in [-0.05, 0) is 32.1 Å². The lowest BCUT2D eigenvalue weighted by atomic mass is 9.85. The van der Waals surface area contributed by atoms with E-state index in [-0.39, 0.29) is 23.4 Å². The Hall–Kier alpha value is -1.10. The Labute approximate surface area is 113 Å². The summed E-state index contributed by atoms with van der Waals surface area (Å²) in [5, 5.41) is 12.0. The molecule has 2 saturated carbocycles. The fraction of sp³-hybridized carbons (Fsp3) is 0.857. The average molecular weight is 268 g/mol. The quantitative estimate of drug-likeness (QED) is 0.718. The van der Waals surface area contributed by atoms with E-state index in [1.54, 1.807) is 0 Å². The van der Waals surface area contributed by atoms with Crippen molar-refractivity contribution >= 4 is 11.9 Å². The van der Waals surface area contributed by atoms with Crippen molar-refractivity contribution in [3.8, 4) is 0 Å². The Balaban J connectivity index is 1.80. The van der Waals surface area contributed by atoms with E-state index in [2.05, 4.69) is 5.32 Å². The molecular formula is C14H24N2O3. The van der Waals surface area contributed by atoms with E-state index >= 15 is 0 Å². The maximum atomic E-state index is 12.0. The van der Waals surface area contributed by atoms with Crippen LogP contribution in [0.2, 0.25) is 0 Å². The zero-order valence-electron chi connectivity index (χ0n) is 11.4. The van der Waals surface area contributed by atoms with Crippen molar-refractivity contribution in [1.29, 1.82) is 0 Å². The van der Waals surface area contributed by atoms with Gasteiger partial charge in [-0.15, -0.1) is 0 Å². The molecule has 0 spiro atoms. The van der Waals surface area contributed by atoms with Crippen LogP contribution >= 0.6 is 0 Å². The highest BCUT2D eigenvalue weighted by molar-refractivity contribution is 5.78. The van der Waals surface area contributed by atoms with Crippen LogP contribution in [0.5, 0.6) is 0 Å². The van der Waals surface area contributed by atoms with Gasteiger partial charge in [-0.3, -0.25) is 9.59 Å². The molecule has 2 fully saturated rings. The summed E-state index contributed by atoms with van der Waals surface area (Å²) in [5.41, 5.74) is 5.86. The van der Waals surface area contributed by atoms with Gasteiger partial charge in [-0.25, -0.2) is 0 Å². The summed E-state index contributed by atoms with van der Waals surface area (Å²) < 4.78 is 0. The van der Waals surface area contributed by atoms with Crippen molar-refractivity contribution < 1.29 is 14.7 Å². The number of hydrogen-bond donors (Lipinski definition) is 3. The molecule has 0 saturated heterocycles. The number of carbonyl (C=O) groups excluding carboxylic acids is 1. The summed E-state index contributed by atoms with van der Waals surface area (Å²) >= 11 is 0. The van der Waals surface area contributed by atoms with Crippen LogP contribution in [0.15, 0.2) is 0 Å². The molecule has 2 aliphatic carbocycles. The molecule has 0 heterocycles. The van der Waals surface area contributed by atoms with E-state index in [9.17, 15) is 9.59 Å². The Morgan fingerprint density at radius 2 is 1.89 bits per heavy atom. The number of rotatable bonds is 4. The monoisotopic (exact) mass is 268 g/mol. The van der Waals surface area contributed by atoms with Crippen LogP contribution in [-0.4, -0.2) is 28.6 Å². The molecule has 19 heavy (non-hydrogen) atoms. The number of amides is 1. The Morgan fingerprint density at radius 3 is 2.53 bits per heavy atom. The molecule has 4 N–H and O–H groups in total. The minimum absolute atomic E-state index is 0.00681. The van der Waals surface area contributed by atoms with E-state index in [1.807, 2.05) is 0 Å². The fourth-order valence-corrected chi connectivity index (χ4v) is 3.40. The summed E-state index contributed by atoms with van der Waals surface area (Å²) in [6, 6.07) is 0.00681. The van der Waals surface area contributed by atoms with Crippen LogP contribution in [0.4, 0.5) is 0 Å². The first-order valence-electron chi connectivity index (χ1n) is 7.30. The van der Waals surface area contributed by atoms with Crippen LogP contribution in [0.25, 0.3) is 0 Å². The summed E-state index contributed by atoms with van der Waals surface area (Å²) in [7, 11) is 0. The minimum atomic E-state index is -0.745. The molecule has 2 atom stereocenters. The van der Waals surface area contributed by atoms with E-state index in [0.29, 0.717) is 12.8 Å².